The molecule has 1 N–H and O–H groups in total. The molecule has 0 aliphatic carbocycles. The molecule has 0 saturated heterocycles. The molecule has 2 amide bonds. The van der Waals surface area contributed by atoms with E-state index in [4.69, 9.17) is 4.52 Å². The summed E-state index contributed by atoms with van der Waals surface area (Å²) in [5, 5.41) is 28.9. The average Bonchev–Trinajstić information content (AvgIpc) is 3.31. The molecule has 9 nitrogen and oxygen atoms in total. The first kappa shape index (κ1) is 21.9. The van der Waals surface area contributed by atoms with Gasteiger partial charge in [-0.3, -0.25) is 9.59 Å². The van der Waals surface area contributed by atoms with Crippen LogP contribution in [0.15, 0.2) is 33.8 Å². The lowest BCUT2D eigenvalue weighted by atomic mass is 10.0. The summed E-state index contributed by atoms with van der Waals surface area (Å²) in [6, 6.07) is 9.56. The third-order valence-corrected chi connectivity index (χ3v) is 7.21. The van der Waals surface area contributed by atoms with Gasteiger partial charge in [0.15, 0.2) is 5.95 Å². The molecular weight excluding hydrogens is 450 g/mol. The van der Waals surface area contributed by atoms with E-state index in [-0.39, 0.29) is 22.6 Å². The maximum Gasteiger partial charge on any atom is 0.298 e. The second-order valence-electron chi connectivity index (χ2n) is 7.26. The molecule has 0 spiro atoms. The van der Waals surface area contributed by atoms with Gasteiger partial charge >= 0.3 is 0 Å². The van der Waals surface area contributed by atoms with E-state index < -0.39 is 5.95 Å². The van der Waals surface area contributed by atoms with Gasteiger partial charge in [0.2, 0.25) is 17.5 Å². The first-order chi connectivity index (χ1) is 15.4. The predicted molar refractivity (Wildman–Crippen MR) is 115 cm³/mol. The van der Waals surface area contributed by atoms with Crippen LogP contribution in [0.3, 0.4) is 0 Å². The standard InChI is InChI=1S/C21H19N5O4S2/c1-12-3-5-14(6-4-12)26-20(21(29)30-24-26)31-11-18(28)23-19-16(9-22)15-7-8-25(13(2)27)10-17(15)32-19/h3-6H,7-8,10-11H2,1-2H3,(H-,23,24,28,29). The number of carbonyl (C=O) groups excluding carboxylic acids is 2. The maximum atomic E-state index is 12.6. The Morgan fingerprint density at radius 3 is 2.84 bits per heavy atom. The fraction of sp³-hybridized carbons (Fsp3) is 0.286. The lowest BCUT2D eigenvalue weighted by Gasteiger charge is -2.25. The summed E-state index contributed by atoms with van der Waals surface area (Å²) in [6.07, 6.45) is 0.579. The van der Waals surface area contributed by atoms with E-state index in [1.807, 2.05) is 19.1 Å². The van der Waals surface area contributed by atoms with Crippen molar-refractivity contribution in [3.63, 3.8) is 0 Å². The molecule has 0 atom stereocenters. The van der Waals surface area contributed by atoms with Crippen molar-refractivity contribution in [2.45, 2.75) is 31.8 Å². The summed E-state index contributed by atoms with van der Waals surface area (Å²) < 4.78 is 6.15. The molecule has 1 aromatic carbocycles. The van der Waals surface area contributed by atoms with E-state index >= 15 is 0 Å². The Balaban J connectivity index is 1.47. The van der Waals surface area contributed by atoms with Gasteiger partial charge in [-0.1, -0.05) is 17.7 Å². The number of benzene rings is 1. The highest BCUT2D eigenvalue weighted by Crippen LogP contribution is 2.37. The van der Waals surface area contributed by atoms with Crippen molar-refractivity contribution in [3.05, 3.63) is 45.8 Å². The quantitative estimate of drug-likeness (QED) is 0.447. The average molecular weight is 470 g/mol. The maximum absolute atomic E-state index is 12.6. The zero-order valence-corrected chi connectivity index (χ0v) is 19.0. The second kappa shape index (κ2) is 9.02. The molecule has 32 heavy (non-hydrogen) atoms. The predicted octanol–water partition coefficient (Wildman–Crippen LogP) is 1.90. The lowest BCUT2D eigenvalue weighted by Crippen LogP contribution is -2.35. The van der Waals surface area contributed by atoms with Crippen LogP contribution < -0.4 is 15.1 Å². The second-order valence-corrected chi connectivity index (χ2v) is 9.33. The molecule has 3 heterocycles. The Morgan fingerprint density at radius 2 is 2.16 bits per heavy atom. The zero-order valence-electron chi connectivity index (χ0n) is 17.4. The number of rotatable bonds is 5. The van der Waals surface area contributed by atoms with E-state index in [2.05, 4.69) is 16.7 Å². The van der Waals surface area contributed by atoms with Gasteiger partial charge in [-0.05, 0) is 35.4 Å². The fourth-order valence-electron chi connectivity index (χ4n) is 3.39. The number of nitrogens with zero attached hydrogens (tertiary/aromatic N) is 4. The smallest absolute Gasteiger partial charge is 0.298 e. The van der Waals surface area contributed by atoms with Crippen molar-refractivity contribution in [2.24, 2.45) is 0 Å². The van der Waals surface area contributed by atoms with E-state index in [9.17, 15) is 20.0 Å². The van der Waals surface area contributed by atoms with Crippen LogP contribution in [0.5, 0.6) is 5.95 Å². The summed E-state index contributed by atoms with van der Waals surface area (Å²) >= 11 is 2.32. The molecule has 0 radical (unpaired) electrons. The molecule has 164 valence electrons. The summed E-state index contributed by atoms with van der Waals surface area (Å²) in [5.41, 5.74) is 3.04. The lowest BCUT2D eigenvalue weighted by molar-refractivity contribution is -0.705. The minimum atomic E-state index is -0.628. The van der Waals surface area contributed by atoms with Crippen LogP contribution in [-0.4, -0.2) is 34.3 Å². The van der Waals surface area contributed by atoms with Crippen LogP contribution in [-0.2, 0) is 22.6 Å². The number of amides is 2. The Bertz CT molecular complexity index is 1230. The number of carbonyl (C=O) groups is 2. The van der Waals surface area contributed by atoms with E-state index in [1.54, 1.807) is 17.0 Å². The number of fused-ring (bicyclic) bond motifs is 1. The Labute approximate surface area is 192 Å². The molecule has 0 fully saturated rings. The van der Waals surface area contributed by atoms with Crippen LogP contribution in [0.2, 0.25) is 0 Å². The van der Waals surface area contributed by atoms with Crippen LogP contribution in [0, 0.1) is 18.3 Å². The van der Waals surface area contributed by atoms with Crippen molar-refractivity contribution in [2.75, 3.05) is 17.6 Å². The van der Waals surface area contributed by atoms with Crippen molar-refractivity contribution >= 4 is 39.9 Å². The van der Waals surface area contributed by atoms with Crippen molar-refractivity contribution in [1.82, 2.24) is 10.2 Å². The molecule has 1 aliphatic heterocycles. The van der Waals surface area contributed by atoms with Gasteiger partial charge in [0, 0.05) is 30.5 Å². The van der Waals surface area contributed by atoms with Gasteiger partial charge in [0.1, 0.15) is 11.1 Å². The number of hydrogen-bond acceptors (Lipinski definition) is 8. The van der Waals surface area contributed by atoms with Gasteiger partial charge in [-0.2, -0.15) is 5.26 Å². The van der Waals surface area contributed by atoms with Crippen LogP contribution >= 0.6 is 23.1 Å². The van der Waals surface area contributed by atoms with E-state index in [0.717, 1.165) is 27.8 Å². The van der Waals surface area contributed by atoms with Gasteiger partial charge in [-0.25, -0.2) is 0 Å². The molecule has 0 saturated carbocycles. The third-order valence-electron chi connectivity index (χ3n) is 5.06. The molecule has 4 rings (SSSR count). The summed E-state index contributed by atoms with van der Waals surface area (Å²) in [5.74, 6) is -1.06. The molecule has 11 heteroatoms. The van der Waals surface area contributed by atoms with E-state index in [1.165, 1.54) is 22.9 Å². The van der Waals surface area contributed by atoms with Gasteiger partial charge < -0.3 is 19.8 Å². The molecule has 3 aromatic rings. The first-order valence-corrected chi connectivity index (χ1v) is 11.6. The van der Waals surface area contributed by atoms with Crippen LogP contribution in [0.1, 0.15) is 28.5 Å². The number of thiophene rings is 1. The number of hydrogen-bond donors (Lipinski definition) is 1. The van der Waals surface area contributed by atoms with Crippen LogP contribution in [0.25, 0.3) is 5.69 Å². The molecular formula is C21H19N5O4S2. The topological polar surface area (TPSA) is 126 Å². The number of nitrogens with one attached hydrogen (secondary N) is 1. The normalized spacial score (nSPS) is 12.8. The highest BCUT2D eigenvalue weighted by molar-refractivity contribution is 7.99. The highest BCUT2D eigenvalue weighted by atomic mass is 32.2. The Kier molecular flexibility index (Phi) is 6.16. The number of aryl methyl sites for hydroxylation is 1. The number of anilines is 1. The minimum absolute atomic E-state index is 0.0198. The fourth-order valence-corrected chi connectivity index (χ4v) is 5.37. The SMILES string of the molecule is CC(=O)N1CCc2c(sc(NC(=O)CSc3c([O-])on[n+]3-c3ccc(C)cc3)c2C#N)C1. The largest absolute Gasteiger partial charge is 0.538 e. The summed E-state index contributed by atoms with van der Waals surface area (Å²) in [6.45, 7) is 4.45. The number of thioether (sulfide) groups is 1. The van der Waals surface area contributed by atoms with Crippen molar-refractivity contribution < 1.29 is 23.9 Å². The van der Waals surface area contributed by atoms with Crippen molar-refractivity contribution in [1.29, 1.82) is 5.26 Å². The molecule has 2 aromatic heterocycles. The van der Waals surface area contributed by atoms with Gasteiger partial charge in [0.25, 0.3) is 5.03 Å². The van der Waals surface area contributed by atoms with Crippen molar-refractivity contribution in [3.8, 4) is 17.7 Å². The van der Waals surface area contributed by atoms with Gasteiger partial charge in [-0.15, -0.1) is 11.3 Å². The van der Waals surface area contributed by atoms with Crippen LogP contribution in [0.4, 0.5) is 5.00 Å². The number of aromatic nitrogens is 2. The Morgan fingerprint density at radius 1 is 1.41 bits per heavy atom. The van der Waals surface area contributed by atoms with E-state index in [0.29, 0.717) is 35.8 Å². The zero-order chi connectivity index (χ0) is 22.8. The monoisotopic (exact) mass is 469 g/mol. The third kappa shape index (κ3) is 4.32. The molecule has 0 unspecified atom stereocenters. The minimum Gasteiger partial charge on any atom is -0.538 e. The summed E-state index contributed by atoms with van der Waals surface area (Å²) in [7, 11) is 0. The summed E-state index contributed by atoms with van der Waals surface area (Å²) in [4.78, 5) is 26.9. The Hall–Kier alpha value is -3.36. The molecule has 1 aliphatic rings. The number of nitriles is 1. The first-order valence-electron chi connectivity index (χ1n) is 9.76. The van der Waals surface area contributed by atoms with Gasteiger partial charge in [0.05, 0.1) is 23.1 Å². The highest BCUT2D eigenvalue weighted by Gasteiger charge is 2.27. The molecule has 0 bridgehead atoms.